The summed E-state index contributed by atoms with van der Waals surface area (Å²) in [5, 5.41) is 13.2. The van der Waals surface area contributed by atoms with Crippen molar-refractivity contribution < 1.29 is 9.84 Å². The van der Waals surface area contributed by atoms with Crippen molar-refractivity contribution in [1.29, 1.82) is 0 Å². The molecule has 3 heteroatoms. The average Bonchev–Trinajstić information content (AvgIpc) is 2.92. The monoisotopic (exact) mass is 263 g/mol. The maximum Gasteiger partial charge on any atom is 0.119 e. The molecule has 0 saturated heterocycles. The molecular weight excluding hydrogens is 238 g/mol. The molecule has 1 aromatic rings. The average molecular weight is 263 g/mol. The summed E-state index contributed by atoms with van der Waals surface area (Å²) >= 11 is 0. The van der Waals surface area contributed by atoms with Crippen LogP contribution in [0.2, 0.25) is 0 Å². The summed E-state index contributed by atoms with van der Waals surface area (Å²) in [7, 11) is 0. The molecule has 3 nitrogen and oxygen atoms in total. The summed E-state index contributed by atoms with van der Waals surface area (Å²) in [5.74, 6) is 1.65. The van der Waals surface area contributed by atoms with E-state index in [1.165, 1.54) is 25.7 Å². The first-order chi connectivity index (χ1) is 9.34. The number of aliphatic hydroxyl groups excluding tert-OH is 1. The van der Waals surface area contributed by atoms with Gasteiger partial charge in [-0.3, -0.25) is 0 Å². The molecule has 106 valence electrons. The van der Waals surface area contributed by atoms with Crippen molar-refractivity contribution in [1.82, 2.24) is 5.32 Å². The second-order valence-corrected chi connectivity index (χ2v) is 5.41. The van der Waals surface area contributed by atoms with Gasteiger partial charge in [-0.2, -0.15) is 0 Å². The topological polar surface area (TPSA) is 41.5 Å². The van der Waals surface area contributed by atoms with E-state index in [1.54, 1.807) is 0 Å². The molecule has 0 bridgehead atoms. The normalized spacial score (nSPS) is 17.5. The van der Waals surface area contributed by atoms with E-state index in [9.17, 15) is 5.11 Å². The zero-order valence-corrected chi connectivity index (χ0v) is 11.6. The third-order valence-corrected chi connectivity index (χ3v) is 3.75. The van der Waals surface area contributed by atoms with Crippen LogP contribution in [0.25, 0.3) is 0 Å². The molecule has 2 rings (SSSR count). The predicted octanol–water partition coefficient (Wildman–Crippen LogP) is 2.60. The van der Waals surface area contributed by atoms with Crippen LogP contribution in [-0.2, 0) is 0 Å². The first-order valence-corrected chi connectivity index (χ1v) is 7.41. The summed E-state index contributed by atoms with van der Waals surface area (Å²) in [4.78, 5) is 0. The standard InChI is InChI=1S/C16H25NO2/c18-15(12-14-6-4-5-7-14)13-17-10-11-19-16-8-2-1-3-9-16/h1-3,8-9,14-15,17-18H,4-7,10-13H2. The van der Waals surface area contributed by atoms with Gasteiger partial charge in [0.15, 0.2) is 0 Å². The second kappa shape index (κ2) is 8.18. The van der Waals surface area contributed by atoms with Gasteiger partial charge in [0.05, 0.1) is 6.10 Å². The summed E-state index contributed by atoms with van der Waals surface area (Å²) in [6.45, 7) is 2.09. The number of hydrogen-bond acceptors (Lipinski definition) is 3. The molecule has 19 heavy (non-hydrogen) atoms. The molecule has 1 unspecified atom stereocenters. The fourth-order valence-electron chi connectivity index (χ4n) is 2.74. The Hall–Kier alpha value is -1.06. The molecule has 0 aromatic heterocycles. The number of ether oxygens (including phenoxy) is 1. The number of aliphatic hydroxyl groups is 1. The SMILES string of the molecule is OC(CNCCOc1ccccc1)CC1CCCC1. The molecule has 1 saturated carbocycles. The minimum atomic E-state index is -0.208. The minimum absolute atomic E-state index is 0.208. The Morgan fingerprint density at radius 3 is 2.68 bits per heavy atom. The van der Waals surface area contributed by atoms with Crippen LogP contribution >= 0.6 is 0 Å². The highest BCUT2D eigenvalue weighted by Crippen LogP contribution is 2.28. The van der Waals surface area contributed by atoms with Crippen LogP contribution in [0.4, 0.5) is 0 Å². The van der Waals surface area contributed by atoms with Crippen LogP contribution in [0, 0.1) is 5.92 Å². The van der Waals surface area contributed by atoms with Gasteiger partial charge in [0, 0.05) is 13.1 Å². The van der Waals surface area contributed by atoms with Crippen LogP contribution in [0.5, 0.6) is 5.75 Å². The van der Waals surface area contributed by atoms with E-state index in [0.717, 1.165) is 24.6 Å². The van der Waals surface area contributed by atoms with E-state index in [2.05, 4.69) is 5.32 Å². The van der Waals surface area contributed by atoms with Gasteiger partial charge in [-0.05, 0) is 24.5 Å². The molecule has 2 N–H and O–H groups in total. The number of para-hydroxylation sites is 1. The van der Waals surface area contributed by atoms with E-state index in [4.69, 9.17) is 4.74 Å². The molecule has 1 fully saturated rings. The van der Waals surface area contributed by atoms with Gasteiger partial charge in [-0.1, -0.05) is 43.9 Å². The van der Waals surface area contributed by atoms with Crippen molar-refractivity contribution in [3.05, 3.63) is 30.3 Å². The van der Waals surface area contributed by atoms with Gasteiger partial charge in [0.25, 0.3) is 0 Å². The van der Waals surface area contributed by atoms with Gasteiger partial charge in [0.1, 0.15) is 12.4 Å². The molecule has 1 atom stereocenters. The lowest BCUT2D eigenvalue weighted by atomic mass is 10.0. The molecule has 1 aromatic carbocycles. The van der Waals surface area contributed by atoms with Crippen molar-refractivity contribution in [2.45, 2.75) is 38.2 Å². The third-order valence-electron chi connectivity index (χ3n) is 3.75. The molecule has 1 aliphatic rings. The fraction of sp³-hybridized carbons (Fsp3) is 0.625. The van der Waals surface area contributed by atoms with Gasteiger partial charge in [-0.25, -0.2) is 0 Å². The highest BCUT2D eigenvalue weighted by Gasteiger charge is 2.18. The van der Waals surface area contributed by atoms with E-state index in [-0.39, 0.29) is 6.10 Å². The lowest BCUT2D eigenvalue weighted by Gasteiger charge is -2.16. The van der Waals surface area contributed by atoms with Crippen molar-refractivity contribution in [3.8, 4) is 5.75 Å². The highest BCUT2D eigenvalue weighted by atomic mass is 16.5. The highest BCUT2D eigenvalue weighted by molar-refractivity contribution is 5.20. The van der Waals surface area contributed by atoms with Crippen LogP contribution in [-0.4, -0.2) is 30.9 Å². The van der Waals surface area contributed by atoms with E-state index in [1.807, 2.05) is 30.3 Å². The molecular formula is C16H25NO2. The smallest absolute Gasteiger partial charge is 0.119 e. The van der Waals surface area contributed by atoms with Crippen LogP contribution in [0.3, 0.4) is 0 Å². The Kier molecular flexibility index (Phi) is 6.18. The summed E-state index contributed by atoms with van der Waals surface area (Å²) in [6.07, 6.45) is 6.03. The van der Waals surface area contributed by atoms with Crippen molar-refractivity contribution >= 4 is 0 Å². The summed E-state index contributed by atoms with van der Waals surface area (Å²) in [6, 6.07) is 9.82. The quantitative estimate of drug-likeness (QED) is 0.708. The Bertz CT molecular complexity index is 336. The van der Waals surface area contributed by atoms with E-state index < -0.39 is 0 Å². The van der Waals surface area contributed by atoms with Crippen LogP contribution in [0.1, 0.15) is 32.1 Å². The first kappa shape index (κ1) is 14.4. The Balaban J connectivity index is 1.49. The minimum Gasteiger partial charge on any atom is -0.492 e. The van der Waals surface area contributed by atoms with Crippen LogP contribution < -0.4 is 10.1 Å². The number of hydrogen-bond donors (Lipinski definition) is 2. The largest absolute Gasteiger partial charge is 0.492 e. The van der Waals surface area contributed by atoms with Gasteiger partial charge < -0.3 is 15.2 Å². The Morgan fingerprint density at radius 1 is 1.21 bits per heavy atom. The fourth-order valence-corrected chi connectivity index (χ4v) is 2.74. The number of rotatable bonds is 8. The maximum atomic E-state index is 9.92. The van der Waals surface area contributed by atoms with Crippen molar-refractivity contribution in [3.63, 3.8) is 0 Å². The zero-order valence-electron chi connectivity index (χ0n) is 11.6. The number of nitrogens with one attached hydrogen (secondary N) is 1. The number of benzene rings is 1. The molecule has 0 spiro atoms. The Morgan fingerprint density at radius 2 is 1.95 bits per heavy atom. The molecule has 0 amide bonds. The van der Waals surface area contributed by atoms with Crippen LogP contribution in [0.15, 0.2) is 30.3 Å². The molecule has 0 aliphatic heterocycles. The lowest BCUT2D eigenvalue weighted by Crippen LogP contribution is -2.31. The summed E-state index contributed by atoms with van der Waals surface area (Å²) < 4.78 is 5.58. The van der Waals surface area contributed by atoms with Gasteiger partial charge in [-0.15, -0.1) is 0 Å². The summed E-state index contributed by atoms with van der Waals surface area (Å²) in [5.41, 5.74) is 0. The first-order valence-electron chi connectivity index (χ1n) is 7.41. The molecule has 0 heterocycles. The van der Waals surface area contributed by atoms with Gasteiger partial charge >= 0.3 is 0 Å². The zero-order chi connectivity index (χ0) is 13.3. The van der Waals surface area contributed by atoms with Crippen molar-refractivity contribution in [2.75, 3.05) is 19.7 Å². The third kappa shape index (κ3) is 5.62. The van der Waals surface area contributed by atoms with Crippen molar-refractivity contribution in [2.24, 2.45) is 5.92 Å². The van der Waals surface area contributed by atoms with Gasteiger partial charge in [0.2, 0.25) is 0 Å². The predicted molar refractivity (Wildman–Crippen MR) is 77.4 cm³/mol. The van der Waals surface area contributed by atoms with E-state index >= 15 is 0 Å². The second-order valence-electron chi connectivity index (χ2n) is 5.41. The molecule has 1 aliphatic carbocycles. The molecule has 0 radical (unpaired) electrons. The lowest BCUT2D eigenvalue weighted by molar-refractivity contribution is 0.139. The maximum absolute atomic E-state index is 9.92. The van der Waals surface area contributed by atoms with E-state index in [0.29, 0.717) is 13.2 Å². The Labute approximate surface area is 116 Å².